The molecule has 0 radical (unpaired) electrons. The number of carbonyl (C=O) groups excluding carboxylic acids is 1. The number of hydrogen-bond acceptors (Lipinski definition) is 6. The topological polar surface area (TPSA) is 98.1 Å². The normalized spacial score (nSPS) is 10.4. The summed E-state index contributed by atoms with van der Waals surface area (Å²) in [6.07, 6.45) is 0. The molecule has 0 bridgehead atoms. The Kier molecular flexibility index (Phi) is 5.03. The van der Waals surface area contributed by atoms with Crippen molar-refractivity contribution >= 4 is 39.5 Å². The van der Waals surface area contributed by atoms with Gasteiger partial charge in [-0.3, -0.25) is 4.79 Å². The van der Waals surface area contributed by atoms with Crippen LogP contribution in [0.4, 0.5) is 5.82 Å². The number of rotatable bonds is 4. The number of thioether (sulfide) groups is 1. The fourth-order valence-electron chi connectivity index (χ4n) is 1.58. The Hall–Kier alpha value is -1.80. The second-order valence-electron chi connectivity index (χ2n) is 4.06. The van der Waals surface area contributed by atoms with Gasteiger partial charge in [-0.2, -0.15) is 0 Å². The molecule has 2 rings (SSSR count). The number of hydrogen-bond donors (Lipinski definition) is 2. The molecule has 1 aromatic heterocycles. The molecule has 0 aliphatic rings. The zero-order valence-corrected chi connectivity index (χ0v) is 13.5. The molecule has 0 aliphatic carbocycles. The van der Waals surface area contributed by atoms with Crippen molar-refractivity contribution in [3.8, 4) is 0 Å². The summed E-state index contributed by atoms with van der Waals surface area (Å²) in [5.74, 6) is 0.354. The van der Waals surface area contributed by atoms with Crippen molar-refractivity contribution in [2.24, 2.45) is 0 Å². The standard InChI is InChI=1S/C13H12BrN3O3S/c1-20-12(19)7-2-3-8(9(14)4-7)6-21-13-16-10(15)5-11(18)17-13/h2-5H,6H2,1H3,(H3,15,16,17,18). The molecule has 21 heavy (non-hydrogen) atoms. The van der Waals surface area contributed by atoms with Gasteiger partial charge in [0.25, 0.3) is 5.56 Å². The number of esters is 1. The fourth-order valence-corrected chi connectivity index (χ4v) is 3.17. The van der Waals surface area contributed by atoms with Gasteiger partial charge in [-0.15, -0.1) is 0 Å². The van der Waals surface area contributed by atoms with Gasteiger partial charge >= 0.3 is 5.97 Å². The monoisotopic (exact) mass is 369 g/mol. The Bertz CT molecular complexity index is 733. The Morgan fingerprint density at radius 2 is 2.24 bits per heavy atom. The average Bonchev–Trinajstić information content (AvgIpc) is 2.44. The molecule has 0 saturated carbocycles. The molecule has 3 N–H and O–H groups in total. The number of halogens is 1. The highest BCUT2D eigenvalue weighted by atomic mass is 79.9. The maximum absolute atomic E-state index is 11.4. The Morgan fingerprint density at radius 3 is 2.86 bits per heavy atom. The first-order valence-electron chi connectivity index (χ1n) is 5.86. The molecule has 110 valence electrons. The second kappa shape index (κ2) is 6.77. The first-order chi connectivity index (χ1) is 9.99. The molecular weight excluding hydrogens is 358 g/mol. The molecule has 1 heterocycles. The summed E-state index contributed by atoms with van der Waals surface area (Å²) in [7, 11) is 1.34. The van der Waals surface area contributed by atoms with E-state index < -0.39 is 5.97 Å². The van der Waals surface area contributed by atoms with Crippen LogP contribution in [0.5, 0.6) is 0 Å². The van der Waals surface area contributed by atoms with Crippen LogP contribution in [0.2, 0.25) is 0 Å². The zero-order valence-electron chi connectivity index (χ0n) is 11.1. The summed E-state index contributed by atoms with van der Waals surface area (Å²) in [4.78, 5) is 29.3. The lowest BCUT2D eigenvalue weighted by Crippen LogP contribution is -2.09. The van der Waals surface area contributed by atoms with E-state index in [1.807, 2.05) is 6.07 Å². The lowest BCUT2D eigenvalue weighted by molar-refractivity contribution is 0.0600. The van der Waals surface area contributed by atoms with Crippen LogP contribution in [0.3, 0.4) is 0 Å². The maximum Gasteiger partial charge on any atom is 0.337 e. The van der Waals surface area contributed by atoms with Crippen LogP contribution in [0, 0.1) is 0 Å². The van der Waals surface area contributed by atoms with Gasteiger partial charge in [-0.25, -0.2) is 9.78 Å². The van der Waals surface area contributed by atoms with Gasteiger partial charge in [0, 0.05) is 16.3 Å². The minimum atomic E-state index is -0.392. The van der Waals surface area contributed by atoms with Crippen LogP contribution >= 0.6 is 27.7 Å². The van der Waals surface area contributed by atoms with E-state index in [2.05, 4.69) is 30.6 Å². The lowest BCUT2D eigenvalue weighted by Gasteiger charge is -2.06. The number of nitrogens with one attached hydrogen (secondary N) is 1. The number of anilines is 1. The molecule has 0 saturated heterocycles. The van der Waals surface area contributed by atoms with Crippen LogP contribution < -0.4 is 11.3 Å². The quantitative estimate of drug-likeness (QED) is 0.486. The average molecular weight is 370 g/mol. The smallest absolute Gasteiger partial charge is 0.337 e. The minimum absolute atomic E-state index is 0.182. The first-order valence-corrected chi connectivity index (χ1v) is 7.64. The minimum Gasteiger partial charge on any atom is -0.465 e. The van der Waals surface area contributed by atoms with Crippen molar-refractivity contribution in [3.63, 3.8) is 0 Å². The molecule has 0 fully saturated rings. The molecule has 1 aromatic carbocycles. The highest BCUT2D eigenvalue weighted by molar-refractivity contribution is 9.10. The van der Waals surface area contributed by atoms with Crippen LogP contribution in [0.1, 0.15) is 15.9 Å². The highest BCUT2D eigenvalue weighted by Gasteiger charge is 2.09. The lowest BCUT2D eigenvalue weighted by atomic mass is 10.1. The summed E-state index contributed by atoms with van der Waals surface area (Å²) >= 11 is 4.75. The fraction of sp³-hybridized carbons (Fsp3) is 0.154. The number of carbonyl (C=O) groups is 1. The molecule has 0 unspecified atom stereocenters. The summed E-state index contributed by atoms with van der Waals surface area (Å²) in [5.41, 5.74) is 6.66. The van der Waals surface area contributed by atoms with Gasteiger partial charge in [0.1, 0.15) is 5.82 Å². The molecule has 0 amide bonds. The number of ether oxygens (including phenoxy) is 1. The van der Waals surface area contributed by atoms with E-state index in [0.29, 0.717) is 16.5 Å². The predicted octanol–water partition coefficient (Wildman–Crippen LogP) is 2.19. The number of benzene rings is 1. The number of methoxy groups -OCH3 is 1. The number of aromatic amines is 1. The van der Waals surface area contributed by atoms with Crippen molar-refractivity contribution in [1.82, 2.24) is 9.97 Å². The second-order valence-corrected chi connectivity index (χ2v) is 5.88. The largest absolute Gasteiger partial charge is 0.465 e. The van der Waals surface area contributed by atoms with E-state index >= 15 is 0 Å². The third-order valence-corrected chi connectivity index (χ3v) is 4.24. The Labute approximate surface area is 133 Å². The van der Waals surface area contributed by atoms with Gasteiger partial charge in [0.15, 0.2) is 5.16 Å². The number of nitrogen functional groups attached to an aromatic ring is 1. The summed E-state index contributed by atoms with van der Waals surface area (Å²) in [5, 5.41) is 0.448. The van der Waals surface area contributed by atoms with Gasteiger partial charge in [0.05, 0.1) is 12.7 Å². The summed E-state index contributed by atoms with van der Waals surface area (Å²) in [6, 6.07) is 6.41. The number of H-pyrrole nitrogens is 1. The molecule has 6 nitrogen and oxygen atoms in total. The third-order valence-electron chi connectivity index (χ3n) is 2.58. The molecule has 0 spiro atoms. The zero-order chi connectivity index (χ0) is 15.4. The number of nitrogens with two attached hydrogens (primary N) is 1. The van der Waals surface area contributed by atoms with Crippen LogP contribution in [-0.2, 0) is 10.5 Å². The van der Waals surface area contributed by atoms with Crippen molar-refractivity contribution in [2.75, 3.05) is 12.8 Å². The molecule has 8 heteroatoms. The number of aromatic nitrogens is 2. The van der Waals surface area contributed by atoms with E-state index in [9.17, 15) is 9.59 Å². The third kappa shape index (κ3) is 4.08. The highest BCUT2D eigenvalue weighted by Crippen LogP contribution is 2.26. The van der Waals surface area contributed by atoms with Crippen LogP contribution in [0.15, 0.2) is 38.7 Å². The predicted molar refractivity (Wildman–Crippen MR) is 84.3 cm³/mol. The molecule has 0 aliphatic heterocycles. The van der Waals surface area contributed by atoms with Crippen molar-refractivity contribution in [1.29, 1.82) is 0 Å². The van der Waals surface area contributed by atoms with E-state index in [0.717, 1.165) is 10.0 Å². The molecule has 2 aromatic rings. The molecular formula is C13H12BrN3O3S. The van der Waals surface area contributed by atoms with Crippen molar-refractivity contribution in [3.05, 3.63) is 50.2 Å². The van der Waals surface area contributed by atoms with E-state index in [1.165, 1.54) is 24.9 Å². The van der Waals surface area contributed by atoms with Crippen LogP contribution in [-0.4, -0.2) is 23.0 Å². The van der Waals surface area contributed by atoms with Gasteiger partial charge in [-0.05, 0) is 17.7 Å². The van der Waals surface area contributed by atoms with Crippen molar-refractivity contribution < 1.29 is 9.53 Å². The van der Waals surface area contributed by atoms with Crippen molar-refractivity contribution in [2.45, 2.75) is 10.9 Å². The molecule has 0 atom stereocenters. The maximum atomic E-state index is 11.4. The van der Waals surface area contributed by atoms with E-state index in [1.54, 1.807) is 12.1 Å². The number of nitrogens with zero attached hydrogens (tertiary/aromatic N) is 1. The van der Waals surface area contributed by atoms with E-state index in [-0.39, 0.29) is 11.4 Å². The van der Waals surface area contributed by atoms with Gasteiger partial charge in [-0.1, -0.05) is 33.8 Å². The van der Waals surface area contributed by atoms with E-state index in [4.69, 9.17) is 5.73 Å². The Morgan fingerprint density at radius 1 is 1.48 bits per heavy atom. The summed E-state index contributed by atoms with van der Waals surface area (Å²) in [6.45, 7) is 0. The Balaban J connectivity index is 2.13. The summed E-state index contributed by atoms with van der Waals surface area (Å²) < 4.78 is 5.44. The van der Waals surface area contributed by atoms with Gasteiger partial charge in [0.2, 0.25) is 0 Å². The SMILES string of the molecule is COC(=O)c1ccc(CSc2nc(N)cc(=O)[nH]2)c(Br)c1. The first kappa shape index (κ1) is 15.6. The van der Waals surface area contributed by atoms with Crippen LogP contribution in [0.25, 0.3) is 0 Å². The van der Waals surface area contributed by atoms with Gasteiger partial charge < -0.3 is 15.5 Å².